The molecule has 1 atom stereocenters. The quantitative estimate of drug-likeness (QED) is 0.895. The van der Waals surface area contributed by atoms with Gasteiger partial charge in [-0.15, -0.1) is 0 Å². The van der Waals surface area contributed by atoms with Crippen LogP contribution in [0.15, 0.2) is 24.3 Å². The van der Waals surface area contributed by atoms with Crippen molar-refractivity contribution in [2.24, 2.45) is 11.7 Å². The van der Waals surface area contributed by atoms with Gasteiger partial charge < -0.3 is 15.4 Å². The first-order chi connectivity index (χ1) is 9.22. The SMILES string of the molecule is N[C@@H]1CCN(C(=O)c2ccc(OCC3CC3)cc2)C1. The lowest BCUT2D eigenvalue weighted by Gasteiger charge is -2.16. The minimum Gasteiger partial charge on any atom is -0.493 e. The molecule has 1 heterocycles. The highest BCUT2D eigenvalue weighted by Gasteiger charge is 2.24. The smallest absolute Gasteiger partial charge is 0.253 e. The number of hydrogen-bond acceptors (Lipinski definition) is 3. The molecule has 0 spiro atoms. The highest BCUT2D eigenvalue weighted by Crippen LogP contribution is 2.29. The average Bonchev–Trinajstić information content (AvgIpc) is 3.17. The first-order valence-corrected chi connectivity index (χ1v) is 7.00. The van der Waals surface area contributed by atoms with Crippen LogP contribution in [0.25, 0.3) is 0 Å². The summed E-state index contributed by atoms with van der Waals surface area (Å²) < 4.78 is 5.66. The summed E-state index contributed by atoms with van der Waals surface area (Å²) in [6.07, 6.45) is 3.46. The van der Waals surface area contributed by atoms with E-state index in [0.717, 1.165) is 31.2 Å². The van der Waals surface area contributed by atoms with Crippen molar-refractivity contribution in [1.82, 2.24) is 4.90 Å². The number of carbonyl (C=O) groups excluding carboxylic acids is 1. The van der Waals surface area contributed by atoms with Gasteiger partial charge in [-0.3, -0.25) is 4.79 Å². The summed E-state index contributed by atoms with van der Waals surface area (Å²) in [6.45, 7) is 2.23. The van der Waals surface area contributed by atoms with Crippen molar-refractivity contribution < 1.29 is 9.53 Å². The van der Waals surface area contributed by atoms with Gasteiger partial charge in [0.2, 0.25) is 0 Å². The van der Waals surface area contributed by atoms with Gasteiger partial charge in [-0.2, -0.15) is 0 Å². The fraction of sp³-hybridized carbons (Fsp3) is 0.533. The minimum atomic E-state index is 0.0710. The van der Waals surface area contributed by atoms with Crippen molar-refractivity contribution in [2.75, 3.05) is 19.7 Å². The lowest BCUT2D eigenvalue weighted by Crippen LogP contribution is -2.31. The third-order valence-corrected chi connectivity index (χ3v) is 3.80. The van der Waals surface area contributed by atoms with E-state index in [1.807, 2.05) is 29.2 Å². The van der Waals surface area contributed by atoms with Gasteiger partial charge in [0, 0.05) is 24.7 Å². The third-order valence-electron chi connectivity index (χ3n) is 3.80. The zero-order valence-electron chi connectivity index (χ0n) is 11.0. The number of nitrogens with two attached hydrogens (primary N) is 1. The number of likely N-dealkylation sites (tertiary alicyclic amines) is 1. The van der Waals surface area contributed by atoms with E-state index < -0.39 is 0 Å². The van der Waals surface area contributed by atoms with Crippen LogP contribution in [0.4, 0.5) is 0 Å². The number of rotatable bonds is 4. The first kappa shape index (κ1) is 12.5. The van der Waals surface area contributed by atoms with Gasteiger partial charge >= 0.3 is 0 Å². The van der Waals surface area contributed by atoms with Gasteiger partial charge in [0.05, 0.1) is 6.61 Å². The van der Waals surface area contributed by atoms with E-state index in [2.05, 4.69) is 0 Å². The van der Waals surface area contributed by atoms with Crippen LogP contribution < -0.4 is 10.5 Å². The molecule has 1 aliphatic heterocycles. The second kappa shape index (κ2) is 5.21. The van der Waals surface area contributed by atoms with Gasteiger partial charge in [-0.1, -0.05) is 0 Å². The summed E-state index contributed by atoms with van der Waals surface area (Å²) in [7, 11) is 0. The summed E-state index contributed by atoms with van der Waals surface area (Å²) in [6, 6.07) is 7.57. The molecule has 1 saturated heterocycles. The Morgan fingerprint density at radius 2 is 2.00 bits per heavy atom. The number of hydrogen-bond donors (Lipinski definition) is 1. The molecular formula is C15H20N2O2. The molecule has 1 amide bonds. The Hall–Kier alpha value is -1.55. The van der Waals surface area contributed by atoms with E-state index >= 15 is 0 Å². The van der Waals surface area contributed by atoms with Gasteiger partial charge in [0.15, 0.2) is 0 Å². The molecular weight excluding hydrogens is 240 g/mol. The average molecular weight is 260 g/mol. The molecule has 4 heteroatoms. The maximum absolute atomic E-state index is 12.2. The van der Waals surface area contributed by atoms with Crippen molar-refractivity contribution in [1.29, 1.82) is 0 Å². The summed E-state index contributed by atoms with van der Waals surface area (Å²) in [4.78, 5) is 14.0. The molecule has 2 fully saturated rings. The van der Waals surface area contributed by atoms with Gasteiger partial charge in [0.25, 0.3) is 5.91 Å². The Bertz CT molecular complexity index is 454. The molecule has 2 N–H and O–H groups in total. The molecule has 0 bridgehead atoms. The molecule has 3 rings (SSSR count). The second-order valence-corrected chi connectivity index (χ2v) is 5.58. The lowest BCUT2D eigenvalue weighted by molar-refractivity contribution is 0.0791. The largest absolute Gasteiger partial charge is 0.493 e. The van der Waals surface area contributed by atoms with Crippen molar-refractivity contribution >= 4 is 5.91 Å². The van der Waals surface area contributed by atoms with Gasteiger partial charge in [-0.25, -0.2) is 0 Å². The molecule has 1 aromatic rings. The first-order valence-electron chi connectivity index (χ1n) is 7.00. The Morgan fingerprint density at radius 3 is 2.58 bits per heavy atom. The maximum atomic E-state index is 12.2. The zero-order chi connectivity index (χ0) is 13.2. The lowest BCUT2D eigenvalue weighted by atomic mass is 10.2. The standard InChI is InChI=1S/C15H20N2O2/c16-13-7-8-17(9-13)15(18)12-3-5-14(6-4-12)19-10-11-1-2-11/h3-6,11,13H,1-2,7-10,16H2/t13-/m1/s1. The van der Waals surface area contributed by atoms with Gasteiger partial charge in [0.1, 0.15) is 5.75 Å². The Kier molecular flexibility index (Phi) is 3.42. The van der Waals surface area contributed by atoms with E-state index in [0.29, 0.717) is 12.1 Å². The van der Waals surface area contributed by atoms with E-state index in [-0.39, 0.29) is 11.9 Å². The maximum Gasteiger partial charge on any atom is 0.253 e. The molecule has 102 valence electrons. The molecule has 1 aliphatic carbocycles. The summed E-state index contributed by atoms with van der Waals surface area (Å²) in [5, 5.41) is 0. The summed E-state index contributed by atoms with van der Waals surface area (Å²) in [5.41, 5.74) is 6.54. The number of nitrogens with zero attached hydrogens (tertiary/aromatic N) is 1. The predicted molar refractivity (Wildman–Crippen MR) is 73.2 cm³/mol. The molecule has 1 aromatic carbocycles. The molecule has 0 aromatic heterocycles. The molecule has 2 aliphatic rings. The van der Waals surface area contributed by atoms with Crippen LogP contribution in [0.1, 0.15) is 29.6 Å². The van der Waals surface area contributed by atoms with Crippen molar-refractivity contribution in [3.05, 3.63) is 29.8 Å². The monoisotopic (exact) mass is 260 g/mol. The molecule has 4 nitrogen and oxygen atoms in total. The van der Waals surface area contributed by atoms with Crippen LogP contribution in [0, 0.1) is 5.92 Å². The topological polar surface area (TPSA) is 55.6 Å². The molecule has 0 unspecified atom stereocenters. The fourth-order valence-corrected chi connectivity index (χ4v) is 2.35. The minimum absolute atomic E-state index is 0.0710. The van der Waals surface area contributed by atoms with E-state index in [4.69, 9.17) is 10.5 Å². The highest BCUT2D eigenvalue weighted by molar-refractivity contribution is 5.94. The van der Waals surface area contributed by atoms with Crippen LogP contribution in [0.2, 0.25) is 0 Å². The summed E-state index contributed by atoms with van der Waals surface area (Å²) >= 11 is 0. The third kappa shape index (κ3) is 3.07. The van der Waals surface area contributed by atoms with E-state index in [9.17, 15) is 4.79 Å². The predicted octanol–water partition coefficient (Wildman–Crippen LogP) is 1.65. The van der Waals surface area contributed by atoms with Crippen LogP contribution in [0.5, 0.6) is 5.75 Å². The van der Waals surface area contributed by atoms with Crippen LogP contribution in [0.3, 0.4) is 0 Å². The normalized spacial score (nSPS) is 22.6. The molecule has 19 heavy (non-hydrogen) atoms. The second-order valence-electron chi connectivity index (χ2n) is 5.58. The molecule has 0 radical (unpaired) electrons. The Balaban J connectivity index is 1.59. The number of amides is 1. The van der Waals surface area contributed by atoms with Crippen molar-refractivity contribution in [3.63, 3.8) is 0 Å². The van der Waals surface area contributed by atoms with E-state index in [1.54, 1.807) is 0 Å². The van der Waals surface area contributed by atoms with Gasteiger partial charge in [-0.05, 0) is 49.4 Å². The van der Waals surface area contributed by atoms with E-state index in [1.165, 1.54) is 12.8 Å². The van der Waals surface area contributed by atoms with Crippen molar-refractivity contribution in [3.8, 4) is 5.75 Å². The molecule has 1 saturated carbocycles. The highest BCUT2D eigenvalue weighted by atomic mass is 16.5. The van der Waals surface area contributed by atoms with Crippen LogP contribution in [-0.2, 0) is 0 Å². The number of benzene rings is 1. The Morgan fingerprint density at radius 1 is 1.26 bits per heavy atom. The van der Waals surface area contributed by atoms with Crippen molar-refractivity contribution in [2.45, 2.75) is 25.3 Å². The number of carbonyl (C=O) groups is 1. The van der Waals surface area contributed by atoms with Crippen LogP contribution in [-0.4, -0.2) is 36.5 Å². The zero-order valence-corrected chi connectivity index (χ0v) is 11.0. The van der Waals surface area contributed by atoms with Crippen LogP contribution >= 0.6 is 0 Å². The fourth-order valence-electron chi connectivity index (χ4n) is 2.35. The summed E-state index contributed by atoms with van der Waals surface area (Å²) in [5.74, 6) is 1.66. The number of ether oxygens (including phenoxy) is 1. The Labute approximate surface area is 113 Å².